The largest absolute Gasteiger partial charge is 0.493 e. The fraction of sp³-hybridized carbons (Fsp3) is 0.366. The number of esters is 2. The number of carbonyl (C=O) groups excluding carboxylic acids is 2. The molecule has 0 aromatic heterocycles. The fourth-order valence-electron chi connectivity index (χ4n) is 6.08. The number of hydrogen-bond acceptors (Lipinski definition) is 14. The number of ether oxygens (including phenoxy) is 12. The van der Waals surface area contributed by atoms with E-state index in [2.05, 4.69) is 0 Å². The van der Waals surface area contributed by atoms with Gasteiger partial charge in [-0.25, -0.2) is 9.59 Å². The highest BCUT2D eigenvalue weighted by molar-refractivity contribution is 5.92. The number of benzene rings is 4. The Kier molecular flexibility index (Phi) is 14.5. The van der Waals surface area contributed by atoms with E-state index in [0.29, 0.717) is 0 Å². The van der Waals surface area contributed by atoms with Crippen molar-refractivity contribution in [1.82, 2.24) is 0 Å². The quantitative estimate of drug-likeness (QED) is 0.115. The number of hydrogen-bond donors (Lipinski definition) is 0. The van der Waals surface area contributed by atoms with Gasteiger partial charge in [-0.15, -0.1) is 0 Å². The Morgan fingerprint density at radius 2 is 0.982 bits per heavy atom. The van der Waals surface area contributed by atoms with Crippen molar-refractivity contribution in [2.75, 3.05) is 56.4 Å². The van der Waals surface area contributed by atoms with Crippen LogP contribution in [0.1, 0.15) is 31.8 Å². The molecule has 0 spiro atoms. The van der Waals surface area contributed by atoms with Crippen molar-refractivity contribution in [2.24, 2.45) is 0 Å². The number of rotatable bonds is 18. The van der Waals surface area contributed by atoms with Crippen LogP contribution < -0.4 is 28.4 Å². The van der Waals surface area contributed by atoms with Crippen LogP contribution in [0, 0.1) is 0 Å². The average Bonchev–Trinajstić information content (AvgIpc) is 3.23. The first-order chi connectivity index (χ1) is 26.8. The molecule has 1 fully saturated rings. The maximum absolute atomic E-state index is 14.2. The van der Waals surface area contributed by atoms with E-state index in [0.717, 1.165) is 11.1 Å². The molecule has 0 aliphatic carbocycles. The van der Waals surface area contributed by atoms with Gasteiger partial charge < -0.3 is 56.8 Å². The molecular formula is C41H46O14. The topological polar surface area (TPSA) is 145 Å². The highest BCUT2D eigenvalue weighted by atomic mass is 16.7. The summed E-state index contributed by atoms with van der Waals surface area (Å²) < 4.78 is 70.0. The SMILES string of the molecule is COc1cc(C(=O)O[C@@H]2[C@H](OC(=O)c3cc(OC)c(OC)c(OC)c3)[C@@H](OC)O[C@H](COCc3ccccc3)[C@H]2OCc2ccccc2)cc(OC)c1OC. The molecule has 0 amide bonds. The van der Waals surface area contributed by atoms with E-state index in [1.54, 1.807) is 0 Å². The lowest BCUT2D eigenvalue weighted by Gasteiger charge is -2.44. The minimum Gasteiger partial charge on any atom is -0.493 e. The Morgan fingerprint density at radius 3 is 1.40 bits per heavy atom. The van der Waals surface area contributed by atoms with E-state index < -0.39 is 42.6 Å². The molecule has 0 radical (unpaired) electrons. The molecular weight excluding hydrogens is 716 g/mol. The van der Waals surface area contributed by atoms with Crippen molar-refractivity contribution >= 4 is 11.9 Å². The van der Waals surface area contributed by atoms with Crippen molar-refractivity contribution < 1.29 is 66.4 Å². The zero-order valence-electron chi connectivity index (χ0n) is 31.8. The van der Waals surface area contributed by atoms with E-state index in [9.17, 15) is 9.59 Å². The van der Waals surface area contributed by atoms with Crippen LogP contribution in [-0.4, -0.2) is 99.0 Å². The molecule has 1 heterocycles. The Hall–Kier alpha value is -5.54. The molecule has 0 unspecified atom stereocenters. The maximum Gasteiger partial charge on any atom is 0.339 e. The second-order valence-electron chi connectivity index (χ2n) is 12.1. The minimum atomic E-state index is -1.37. The van der Waals surface area contributed by atoms with E-state index in [4.69, 9.17) is 56.8 Å². The summed E-state index contributed by atoms with van der Waals surface area (Å²) in [5.74, 6) is -0.179. The summed E-state index contributed by atoms with van der Waals surface area (Å²) in [4.78, 5) is 28.2. The van der Waals surface area contributed by atoms with Crippen molar-refractivity contribution in [3.8, 4) is 34.5 Å². The molecule has 4 aromatic rings. The lowest BCUT2D eigenvalue weighted by molar-refractivity contribution is -0.303. The van der Waals surface area contributed by atoms with Crippen molar-refractivity contribution in [1.29, 1.82) is 0 Å². The van der Waals surface area contributed by atoms with Crippen LogP contribution in [0.2, 0.25) is 0 Å². The third-order valence-electron chi connectivity index (χ3n) is 8.79. The third kappa shape index (κ3) is 9.77. The zero-order valence-corrected chi connectivity index (χ0v) is 31.8. The molecule has 4 aromatic carbocycles. The normalized spacial score (nSPS) is 19.1. The summed E-state index contributed by atoms with van der Waals surface area (Å²) in [7, 11) is 10.00. The first-order valence-electron chi connectivity index (χ1n) is 17.3. The van der Waals surface area contributed by atoms with Crippen molar-refractivity contribution in [3.63, 3.8) is 0 Å². The van der Waals surface area contributed by atoms with Crippen molar-refractivity contribution in [3.05, 3.63) is 107 Å². The molecule has 0 bridgehead atoms. The second kappa shape index (κ2) is 19.7. The molecule has 5 atom stereocenters. The van der Waals surface area contributed by atoms with Crippen LogP contribution in [0.15, 0.2) is 84.9 Å². The molecule has 294 valence electrons. The van der Waals surface area contributed by atoms with Gasteiger partial charge in [-0.05, 0) is 35.4 Å². The van der Waals surface area contributed by atoms with E-state index >= 15 is 0 Å². The highest BCUT2D eigenvalue weighted by Crippen LogP contribution is 2.40. The Bertz CT molecular complexity index is 1800. The van der Waals surface area contributed by atoms with Gasteiger partial charge in [0.05, 0.1) is 73.6 Å². The van der Waals surface area contributed by atoms with Crippen molar-refractivity contribution in [2.45, 2.75) is 43.9 Å². The second-order valence-corrected chi connectivity index (χ2v) is 12.1. The zero-order chi connectivity index (χ0) is 39.3. The Balaban J connectivity index is 1.55. The van der Waals surface area contributed by atoms with Gasteiger partial charge >= 0.3 is 11.9 Å². The van der Waals surface area contributed by atoms with Crippen LogP contribution in [0.5, 0.6) is 34.5 Å². The first kappa shape index (κ1) is 40.6. The monoisotopic (exact) mass is 762 g/mol. The van der Waals surface area contributed by atoms with Gasteiger partial charge in [0.15, 0.2) is 41.5 Å². The van der Waals surface area contributed by atoms with Gasteiger partial charge in [-0.2, -0.15) is 0 Å². The van der Waals surface area contributed by atoms with Gasteiger partial charge in [-0.1, -0.05) is 60.7 Å². The standard InChI is InChI=1S/C41H46O14/c1-44-29-18-27(19-30(45-2)34(29)48-5)39(42)54-37-36(52-23-26-16-12-9-13-17-26)33(24-51-22-25-14-10-8-11-15-25)53-41(50-7)38(37)55-40(43)28-20-31(46-3)35(49-6)32(21-28)47-4/h8-21,33,36-38,41H,22-24H2,1-7H3/t33-,36-,37+,38+,41+/m1/s1. The number of methoxy groups -OCH3 is 7. The minimum absolute atomic E-state index is 0.0000132. The Labute approximate surface area is 319 Å². The summed E-state index contributed by atoms with van der Waals surface area (Å²) in [6, 6.07) is 24.8. The molecule has 0 saturated carbocycles. The van der Waals surface area contributed by atoms with Gasteiger partial charge in [0.25, 0.3) is 0 Å². The molecule has 14 heteroatoms. The fourth-order valence-corrected chi connectivity index (χ4v) is 6.08. The predicted octanol–water partition coefficient (Wildman–Crippen LogP) is 5.66. The Morgan fingerprint density at radius 1 is 0.545 bits per heavy atom. The summed E-state index contributed by atoms with van der Waals surface area (Å²) in [5, 5.41) is 0. The smallest absolute Gasteiger partial charge is 0.339 e. The van der Waals surface area contributed by atoms with Gasteiger partial charge in [0.1, 0.15) is 12.2 Å². The molecule has 1 aliphatic heterocycles. The van der Waals surface area contributed by atoms with Gasteiger partial charge in [0, 0.05) is 7.11 Å². The molecule has 1 aliphatic rings. The van der Waals surface area contributed by atoms with E-state index in [-0.39, 0.29) is 65.4 Å². The summed E-state index contributed by atoms with van der Waals surface area (Å²) in [6.45, 7) is 0.354. The molecule has 1 saturated heterocycles. The molecule has 0 N–H and O–H groups in total. The van der Waals surface area contributed by atoms with E-state index in [1.165, 1.54) is 74.0 Å². The molecule has 5 rings (SSSR count). The highest BCUT2D eigenvalue weighted by Gasteiger charge is 2.52. The van der Waals surface area contributed by atoms with Gasteiger partial charge in [-0.3, -0.25) is 0 Å². The summed E-state index contributed by atoms with van der Waals surface area (Å²) in [5.41, 5.74) is 1.88. The third-order valence-corrected chi connectivity index (χ3v) is 8.79. The molecule has 14 nitrogen and oxygen atoms in total. The van der Waals surface area contributed by atoms with Crippen LogP contribution in [0.25, 0.3) is 0 Å². The average molecular weight is 763 g/mol. The van der Waals surface area contributed by atoms with Gasteiger partial charge in [0.2, 0.25) is 11.5 Å². The predicted molar refractivity (Wildman–Crippen MR) is 197 cm³/mol. The van der Waals surface area contributed by atoms with Crippen LogP contribution in [0.4, 0.5) is 0 Å². The van der Waals surface area contributed by atoms with Crippen LogP contribution in [0.3, 0.4) is 0 Å². The first-order valence-corrected chi connectivity index (χ1v) is 17.3. The van der Waals surface area contributed by atoms with Crippen LogP contribution in [-0.2, 0) is 41.6 Å². The summed E-state index contributed by atoms with van der Waals surface area (Å²) >= 11 is 0. The maximum atomic E-state index is 14.2. The molecule has 55 heavy (non-hydrogen) atoms. The number of carbonyl (C=O) groups is 2. The summed E-state index contributed by atoms with van der Waals surface area (Å²) in [6.07, 6.45) is -5.85. The van der Waals surface area contributed by atoms with Crippen LogP contribution >= 0.6 is 0 Å². The van der Waals surface area contributed by atoms with E-state index in [1.807, 2.05) is 60.7 Å². The lowest BCUT2D eigenvalue weighted by Crippen LogP contribution is -2.62. The lowest BCUT2D eigenvalue weighted by atomic mass is 9.97.